The van der Waals surface area contributed by atoms with E-state index in [-0.39, 0.29) is 16.9 Å². The molecule has 1 aromatic carbocycles. The third kappa shape index (κ3) is 3.47. The van der Waals surface area contributed by atoms with Gasteiger partial charge < -0.3 is 0 Å². The number of alkyl halides is 1. The Morgan fingerprint density at radius 2 is 1.81 bits per heavy atom. The lowest BCUT2D eigenvalue weighted by atomic mass is 10.1. The maximum atomic E-state index is 11.9. The molecule has 0 spiro atoms. The van der Waals surface area contributed by atoms with Crippen LogP contribution in [0.15, 0.2) is 35.2 Å². The Hall–Kier alpha value is -0.580. The molecule has 0 radical (unpaired) electrons. The van der Waals surface area contributed by atoms with Crippen LogP contribution in [0.3, 0.4) is 0 Å². The maximum absolute atomic E-state index is 11.9. The van der Waals surface area contributed by atoms with Crippen LogP contribution >= 0.6 is 11.6 Å². The Morgan fingerprint density at radius 3 is 2.31 bits per heavy atom. The molecule has 5 heteroatoms. The molecule has 0 fully saturated rings. The zero-order chi connectivity index (χ0) is 12.2. The number of hydrogen-bond acceptors (Lipinski definition) is 2. The van der Waals surface area contributed by atoms with Gasteiger partial charge in [0.1, 0.15) is 0 Å². The highest BCUT2D eigenvalue weighted by atomic mass is 35.5. The van der Waals surface area contributed by atoms with Crippen molar-refractivity contribution >= 4 is 21.6 Å². The third-order valence-corrected chi connectivity index (χ3v) is 4.55. The Morgan fingerprint density at radius 1 is 1.25 bits per heavy atom. The molecule has 0 aliphatic heterocycles. The zero-order valence-electron chi connectivity index (χ0n) is 9.35. The molecule has 0 aliphatic rings. The first kappa shape index (κ1) is 13.5. The van der Waals surface area contributed by atoms with E-state index in [1.807, 2.05) is 13.8 Å². The quantitative estimate of drug-likeness (QED) is 0.827. The Bertz CT molecular complexity index is 419. The first-order valence-corrected chi connectivity index (χ1v) is 7.12. The summed E-state index contributed by atoms with van der Waals surface area (Å²) < 4.78 is 26.4. The van der Waals surface area contributed by atoms with Gasteiger partial charge in [-0.3, -0.25) is 0 Å². The Balaban J connectivity index is 2.81. The van der Waals surface area contributed by atoms with E-state index in [0.29, 0.717) is 5.88 Å². The molecule has 0 heterocycles. The van der Waals surface area contributed by atoms with Crippen LogP contribution in [0, 0.1) is 5.92 Å². The lowest BCUT2D eigenvalue weighted by Gasteiger charge is -2.18. The molecule has 2 atom stereocenters. The molecular weight excluding hydrogens is 246 g/mol. The van der Waals surface area contributed by atoms with E-state index in [1.54, 1.807) is 30.3 Å². The third-order valence-electron chi connectivity index (χ3n) is 2.49. The van der Waals surface area contributed by atoms with E-state index in [9.17, 15) is 8.42 Å². The first-order chi connectivity index (χ1) is 7.47. The van der Waals surface area contributed by atoms with E-state index in [2.05, 4.69) is 4.72 Å². The Labute approximate surface area is 102 Å². The van der Waals surface area contributed by atoms with Crippen molar-refractivity contribution in [2.45, 2.75) is 24.8 Å². The van der Waals surface area contributed by atoms with Crippen molar-refractivity contribution in [3.63, 3.8) is 0 Å². The minimum atomic E-state index is -3.42. The van der Waals surface area contributed by atoms with Crippen molar-refractivity contribution in [2.75, 3.05) is 5.88 Å². The van der Waals surface area contributed by atoms with Gasteiger partial charge in [-0.05, 0) is 25.0 Å². The van der Waals surface area contributed by atoms with Crippen molar-refractivity contribution in [1.82, 2.24) is 4.72 Å². The van der Waals surface area contributed by atoms with Crippen LogP contribution in [0.5, 0.6) is 0 Å². The number of benzene rings is 1. The second kappa shape index (κ2) is 5.66. The van der Waals surface area contributed by atoms with Crippen LogP contribution in [0.1, 0.15) is 13.8 Å². The van der Waals surface area contributed by atoms with E-state index < -0.39 is 10.0 Å². The smallest absolute Gasteiger partial charge is 0.208 e. The average Bonchev–Trinajstić information content (AvgIpc) is 2.28. The summed E-state index contributed by atoms with van der Waals surface area (Å²) in [4.78, 5) is 0.281. The second-order valence-electron chi connectivity index (χ2n) is 3.85. The van der Waals surface area contributed by atoms with Crippen LogP contribution in [0.2, 0.25) is 0 Å². The van der Waals surface area contributed by atoms with Crippen LogP contribution < -0.4 is 4.72 Å². The minimum absolute atomic E-state index is 0.0974. The number of nitrogens with one attached hydrogen (secondary N) is 1. The minimum Gasteiger partial charge on any atom is -0.208 e. The summed E-state index contributed by atoms with van der Waals surface area (Å²) in [6, 6.07) is 8.14. The zero-order valence-corrected chi connectivity index (χ0v) is 10.9. The van der Waals surface area contributed by atoms with E-state index in [4.69, 9.17) is 11.6 Å². The van der Waals surface area contributed by atoms with Gasteiger partial charge in [-0.1, -0.05) is 25.1 Å². The molecule has 2 unspecified atom stereocenters. The number of halogens is 1. The highest BCUT2D eigenvalue weighted by Gasteiger charge is 2.20. The van der Waals surface area contributed by atoms with Gasteiger partial charge >= 0.3 is 0 Å². The summed E-state index contributed by atoms with van der Waals surface area (Å²) in [7, 11) is -3.42. The molecule has 1 aromatic rings. The summed E-state index contributed by atoms with van der Waals surface area (Å²) in [5.74, 6) is 0.526. The summed E-state index contributed by atoms with van der Waals surface area (Å²) in [6.45, 7) is 3.72. The molecule has 0 saturated carbocycles. The first-order valence-electron chi connectivity index (χ1n) is 5.10. The normalized spacial score (nSPS) is 15.7. The molecule has 16 heavy (non-hydrogen) atoms. The van der Waals surface area contributed by atoms with Crippen molar-refractivity contribution in [3.05, 3.63) is 30.3 Å². The lowest BCUT2D eigenvalue weighted by Crippen LogP contribution is -2.37. The maximum Gasteiger partial charge on any atom is 0.240 e. The molecule has 0 aliphatic carbocycles. The van der Waals surface area contributed by atoms with Crippen LogP contribution in [-0.4, -0.2) is 20.3 Å². The SMILES string of the molecule is CC(CCl)C(C)NS(=O)(=O)c1ccccc1. The molecule has 0 saturated heterocycles. The van der Waals surface area contributed by atoms with Gasteiger partial charge in [-0.25, -0.2) is 13.1 Å². The van der Waals surface area contributed by atoms with E-state index >= 15 is 0 Å². The van der Waals surface area contributed by atoms with E-state index in [0.717, 1.165) is 0 Å². The van der Waals surface area contributed by atoms with Crippen LogP contribution in [0.25, 0.3) is 0 Å². The van der Waals surface area contributed by atoms with Gasteiger partial charge in [-0.2, -0.15) is 0 Å². The molecule has 1 rings (SSSR count). The van der Waals surface area contributed by atoms with Gasteiger partial charge in [0.15, 0.2) is 0 Å². The predicted octanol–water partition coefficient (Wildman–Crippen LogP) is 2.23. The highest BCUT2D eigenvalue weighted by molar-refractivity contribution is 7.89. The summed E-state index contributed by atoms with van der Waals surface area (Å²) in [5, 5.41) is 0. The summed E-state index contributed by atoms with van der Waals surface area (Å²) >= 11 is 5.69. The molecule has 0 aromatic heterocycles. The van der Waals surface area contributed by atoms with Crippen LogP contribution in [-0.2, 0) is 10.0 Å². The van der Waals surface area contributed by atoms with Crippen molar-refractivity contribution in [1.29, 1.82) is 0 Å². The molecular formula is C11H16ClNO2S. The fourth-order valence-electron chi connectivity index (χ4n) is 1.16. The van der Waals surface area contributed by atoms with Crippen LogP contribution in [0.4, 0.5) is 0 Å². The molecule has 1 N–H and O–H groups in total. The van der Waals surface area contributed by atoms with Gasteiger partial charge in [0, 0.05) is 11.9 Å². The van der Waals surface area contributed by atoms with Crippen molar-refractivity contribution < 1.29 is 8.42 Å². The second-order valence-corrected chi connectivity index (χ2v) is 5.88. The Kier molecular flexibility index (Phi) is 4.77. The molecule has 0 bridgehead atoms. The fourth-order valence-corrected chi connectivity index (χ4v) is 2.80. The fraction of sp³-hybridized carbons (Fsp3) is 0.455. The van der Waals surface area contributed by atoms with Crippen molar-refractivity contribution in [3.8, 4) is 0 Å². The van der Waals surface area contributed by atoms with Gasteiger partial charge in [0.2, 0.25) is 10.0 Å². The monoisotopic (exact) mass is 261 g/mol. The van der Waals surface area contributed by atoms with Crippen molar-refractivity contribution in [2.24, 2.45) is 5.92 Å². The molecule has 0 amide bonds. The predicted molar refractivity (Wildman–Crippen MR) is 66.1 cm³/mol. The largest absolute Gasteiger partial charge is 0.240 e. The lowest BCUT2D eigenvalue weighted by molar-refractivity contribution is 0.480. The summed E-state index contributed by atoms with van der Waals surface area (Å²) in [5.41, 5.74) is 0. The molecule has 3 nitrogen and oxygen atoms in total. The van der Waals surface area contributed by atoms with E-state index in [1.165, 1.54) is 0 Å². The summed E-state index contributed by atoms with van der Waals surface area (Å²) in [6.07, 6.45) is 0. The standard InChI is InChI=1S/C11H16ClNO2S/c1-9(8-12)10(2)13-16(14,15)11-6-4-3-5-7-11/h3-7,9-10,13H,8H2,1-2H3. The number of rotatable bonds is 5. The van der Waals surface area contributed by atoms with Gasteiger partial charge in [0.05, 0.1) is 4.90 Å². The molecule has 90 valence electrons. The highest BCUT2D eigenvalue weighted by Crippen LogP contribution is 2.11. The topological polar surface area (TPSA) is 46.2 Å². The number of hydrogen-bond donors (Lipinski definition) is 1. The average molecular weight is 262 g/mol. The van der Waals surface area contributed by atoms with Gasteiger partial charge in [-0.15, -0.1) is 11.6 Å². The van der Waals surface area contributed by atoms with Gasteiger partial charge in [0.25, 0.3) is 0 Å². The number of sulfonamides is 1.